The minimum absolute atomic E-state index is 0.198. The summed E-state index contributed by atoms with van der Waals surface area (Å²) >= 11 is 3.17. The summed E-state index contributed by atoms with van der Waals surface area (Å²) in [7, 11) is 0. The number of nitro groups is 1. The molecule has 0 radical (unpaired) electrons. The van der Waals surface area contributed by atoms with Crippen LogP contribution in [0.15, 0.2) is 41.0 Å². The van der Waals surface area contributed by atoms with Crippen molar-refractivity contribution in [1.29, 1.82) is 0 Å². The Labute approximate surface area is 120 Å². The molecular formula is C12H7BrFN3O3. The van der Waals surface area contributed by atoms with Crippen LogP contribution >= 0.6 is 15.9 Å². The van der Waals surface area contributed by atoms with Crippen molar-refractivity contribution in [2.75, 3.05) is 5.32 Å². The average molecular weight is 340 g/mol. The van der Waals surface area contributed by atoms with Gasteiger partial charge in [0.1, 0.15) is 11.6 Å². The highest BCUT2D eigenvalue weighted by Crippen LogP contribution is 2.21. The molecule has 0 spiro atoms. The number of hydrogen-bond acceptors (Lipinski definition) is 4. The van der Waals surface area contributed by atoms with Crippen LogP contribution in [0, 0.1) is 15.9 Å². The largest absolute Gasteiger partial charge is 0.306 e. The molecule has 1 aromatic heterocycles. The Morgan fingerprint density at radius 3 is 2.80 bits per heavy atom. The number of rotatable bonds is 3. The summed E-state index contributed by atoms with van der Waals surface area (Å²) in [5, 5.41) is 13.0. The predicted molar refractivity (Wildman–Crippen MR) is 72.9 cm³/mol. The van der Waals surface area contributed by atoms with Gasteiger partial charge >= 0.3 is 0 Å². The van der Waals surface area contributed by atoms with Gasteiger partial charge in [0, 0.05) is 18.3 Å². The second-order valence-corrected chi connectivity index (χ2v) is 4.56. The van der Waals surface area contributed by atoms with Crippen LogP contribution < -0.4 is 5.32 Å². The molecule has 1 aromatic carbocycles. The summed E-state index contributed by atoms with van der Waals surface area (Å²) in [5.74, 6) is -1.46. The molecule has 2 rings (SSSR count). The summed E-state index contributed by atoms with van der Waals surface area (Å²) in [6.45, 7) is 0. The quantitative estimate of drug-likeness (QED) is 0.687. The number of non-ortho nitro benzene ring substituents is 1. The van der Waals surface area contributed by atoms with Crippen LogP contribution in [0.4, 0.5) is 15.9 Å². The molecule has 0 aliphatic rings. The lowest BCUT2D eigenvalue weighted by Crippen LogP contribution is -2.15. The molecule has 6 nitrogen and oxygen atoms in total. The van der Waals surface area contributed by atoms with Crippen molar-refractivity contribution >= 4 is 33.3 Å². The van der Waals surface area contributed by atoms with Crippen LogP contribution in [0.2, 0.25) is 0 Å². The lowest BCUT2D eigenvalue weighted by Gasteiger charge is -2.06. The molecule has 0 saturated heterocycles. The molecule has 0 unspecified atom stereocenters. The first kappa shape index (κ1) is 14.1. The van der Waals surface area contributed by atoms with Crippen LogP contribution in [0.1, 0.15) is 10.4 Å². The van der Waals surface area contributed by atoms with Gasteiger partial charge in [0.05, 0.1) is 15.0 Å². The maximum atomic E-state index is 13.6. The zero-order valence-electron chi connectivity index (χ0n) is 9.84. The van der Waals surface area contributed by atoms with Gasteiger partial charge in [0.2, 0.25) is 0 Å². The maximum Gasteiger partial charge on any atom is 0.270 e. The smallest absolute Gasteiger partial charge is 0.270 e. The van der Waals surface area contributed by atoms with Crippen LogP contribution in [0.25, 0.3) is 0 Å². The number of pyridine rings is 1. The molecule has 20 heavy (non-hydrogen) atoms. The van der Waals surface area contributed by atoms with Crippen molar-refractivity contribution in [3.05, 3.63) is 62.5 Å². The van der Waals surface area contributed by atoms with Gasteiger partial charge in [-0.2, -0.15) is 0 Å². The Morgan fingerprint density at radius 2 is 2.15 bits per heavy atom. The van der Waals surface area contributed by atoms with E-state index in [-0.39, 0.29) is 11.5 Å². The summed E-state index contributed by atoms with van der Waals surface area (Å²) in [4.78, 5) is 25.8. The fourth-order valence-corrected chi connectivity index (χ4v) is 1.81. The fourth-order valence-electron chi connectivity index (χ4n) is 1.45. The third-order valence-electron chi connectivity index (χ3n) is 2.40. The van der Waals surface area contributed by atoms with Crippen molar-refractivity contribution in [1.82, 2.24) is 4.98 Å². The Bertz CT molecular complexity index is 693. The monoisotopic (exact) mass is 339 g/mol. The van der Waals surface area contributed by atoms with E-state index in [4.69, 9.17) is 0 Å². The third-order valence-corrected chi connectivity index (χ3v) is 3.04. The molecule has 1 N–H and O–H groups in total. The number of aromatic nitrogens is 1. The van der Waals surface area contributed by atoms with Crippen LogP contribution in [-0.4, -0.2) is 15.8 Å². The van der Waals surface area contributed by atoms with E-state index in [1.165, 1.54) is 6.20 Å². The number of benzene rings is 1. The summed E-state index contributed by atoms with van der Waals surface area (Å²) in [6, 6.07) is 6.03. The van der Waals surface area contributed by atoms with E-state index in [1.54, 1.807) is 12.1 Å². The van der Waals surface area contributed by atoms with Crippen LogP contribution in [0.5, 0.6) is 0 Å². The molecule has 1 amide bonds. The number of hydrogen-bond donors (Lipinski definition) is 1. The Balaban J connectivity index is 2.32. The van der Waals surface area contributed by atoms with E-state index in [1.807, 2.05) is 0 Å². The molecule has 0 aliphatic heterocycles. The molecule has 102 valence electrons. The lowest BCUT2D eigenvalue weighted by molar-refractivity contribution is -0.384. The molecule has 1 heterocycles. The van der Waals surface area contributed by atoms with Gasteiger partial charge in [-0.05, 0) is 34.1 Å². The average Bonchev–Trinajstić information content (AvgIpc) is 2.41. The highest BCUT2D eigenvalue weighted by atomic mass is 79.9. The van der Waals surface area contributed by atoms with E-state index in [0.717, 1.165) is 18.2 Å². The minimum atomic E-state index is -0.847. The van der Waals surface area contributed by atoms with Gasteiger partial charge in [-0.3, -0.25) is 14.9 Å². The molecule has 0 saturated carbocycles. The zero-order valence-corrected chi connectivity index (χ0v) is 11.4. The van der Waals surface area contributed by atoms with E-state index in [2.05, 4.69) is 26.2 Å². The van der Waals surface area contributed by atoms with Gasteiger partial charge in [-0.25, -0.2) is 9.37 Å². The number of amides is 1. The van der Waals surface area contributed by atoms with E-state index >= 15 is 0 Å². The number of nitrogens with one attached hydrogen (secondary N) is 1. The molecule has 0 fully saturated rings. The molecule has 0 atom stereocenters. The summed E-state index contributed by atoms with van der Waals surface area (Å²) in [6.07, 6.45) is 1.45. The van der Waals surface area contributed by atoms with Crippen molar-refractivity contribution in [2.45, 2.75) is 0 Å². The molecule has 2 aromatic rings. The molecule has 0 bridgehead atoms. The molecular weight excluding hydrogens is 333 g/mol. The third kappa shape index (κ3) is 2.97. The highest BCUT2D eigenvalue weighted by molar-refractivity contribution is 9.10. The first-order chi connectivity index (χ1) is 9.49. The van der Waals surface area contributed by atoms with Gasteiger partial charge in [-0.15, -0.1) is 0 Å². The van der Waals surface area contributed by atoms with Gasteiger partial charge < -0.3 is 5.32 Å². The number of carbonyl (C=O) groups is 1. The van der Waals surface area contributed by atoms with Crippen molar-refractivity contribution in [2.24, 2.45) is 0 Å². The molecule has 8 heteroatoms. The van der Waals surface area contributed by atoms with Crippen molar-refractivity contribution in [3.8, 4) is 0 Å². The van der Waals surface area contributed by atoms with Crippen LogP contribution in [0.3, 0.4) is 0 Å². The van der Waals surface area contributed by atoms with E-state index in [0.29, 0.717) is 4.47 Å². The van der Waals surface area contributed by atoms with Crippen molar-refractivity contribution in [3.63, 3.8) is 0 Å². The van der Waals surface area contributed by atoms with Crippen LogP contribution in [-0.2, 0) is 0 Å². The number of anilines is 1. The first-order valence-corrected chi connectivity index (χ1v) is 6.14. The van der Waals surface area contributed by atoms with E-state index in [9.17, 15) is 19.3 Å². The van der Waals surface area contributed by atoms with Gasteiger partial charge in [-0.1, -0.05) is 0 Å². The number of nitro benzene ring substituents is 1. The number of halogens is 2. The Hall–Kier alpha value is -2.35. The number of carbonyl (C=O) groups excluding carboxylic acids is 1. The van der Waals surface area contributed by atoms with Gasteiger partial charge in [0.15, 0.2) is 0 Å². The SMILES string of the molecule is O=C(Nc1ncccc1Br)c1cc([N+](=O)[O-])ccc1F. The zero-order chi connectivity index (χ0) is 14.7. The Morgan fingerprint density at radius 1 is 1.40 bits per heavy atom. The standard InChI is InChI=1S/C12H7BrFN3O3/c13-9-2-1-5-15-11(9)16-12(18)8-6-7(17(19)20)3-4-10(8)14/h1-6H,(H,15,16,18). The van der Waals surface area contributed by atoms with E-state index < -0.39 is 22.2 Å². The molecule has 0 aliphatic carbocycles. The topological polar surface area (TPSA) is 85.1 Å². The second kappa shape index (κ2) is 5.74. The minimum Gasteiger partial charge on any atom is -0.306 e. The first-order valence-electron chi connectivity index (χ1n) is 5.35. The fraction of sp³-hybridized carbons (Fsp3) is 0. The highest BCUT2D eigenvalue weighted by Gasteiger charge is 2.18. The second-order valence-electron chi connectivity index (χ2n) is 3.71. The lowest BCUT2D eigenvalue weighted by atomic mass is 10.1. The predicted octanol–water partition coefficient (Wildman–Crippen LogP) is 3.14. The summed E-state index contributed by atoms with van der Waals surface area (Å²) in [5.41, 5.74) is -0.784. The maximum absolute atomic E-state index is 13.6. The Kier molecular flexibility index (Phi) is 4.04. The summed E-state index contributed by atoms with van der Waals surface area (Å²) < 4.78 is 14.1. The van der Waals surface area contributed by atoms with Crippen molar-refractivity contribution < 1.29 is 14.1 Å². The normalized spacial score (nSPS) is 10.1. The van der Waals surface area contributed by atoms with Gasteiger partial charge in [0.25, 0.3) is 11.6 Å². The number of nitrogens with zero attached hydrogens (tertiary/aromatic N) is 2.